The number of rotatable bonds is 4. The molecular formula is C24H17ClN4O. The third kappa shape index (κ3) is 4.57. The highest BCUT2D eigenvalue weighted by atomic mass is 35.5. The lowest BCUT2D eigenvalue weighted by Gasteiger charge is -2.22. The third-order valence-electron chi connectivity index (χ3n) is 4.23. The minimum absolute atomic E-state index is 0.0795. The van der Waals surface area contributed by atoms with Crippen molar-refractivity contribution in [3.63, 3.8) is 0 Å². The highest BCUT2D eigenvalue weighted by Gasteiger charge is 2.16. The van der Waals surface area contributed by atoms with Crippen LogP contribution in [0.1, 0.15) is 11.4 Å². The highest BCUT2D eigenvalue weighted by molar-refractivity contribution is 6.28. The summed E-state index contributed by atoms with van der Waals surface area (Å²) in [5.41, 5.74) is 2.62. The van der Waals surface area contributed by atoms with Crippen molar-refractivity contribution in [3.8, 4) is 17.6 Å². The van der Waals surface area contributed by atoms with Crippen molar-refractivity contribution in [3.05, 3.63) is 102 Å². The van der Waals surface area contributed by atoms with E-state index in [9.17, 15) is 0 Å². The summed E-state index contributed by atoms with van der Waals surface area (Å²) in [5.74, 6) is 7.48. The van der Waals surface area contributed by atoms with Crippen molar-refractivity contribution in [1.29, 1.82) is 0 Å². The van der Waals surface area contributed by atoms with Gasteiger partial charge in [-0.1, -0.05) is 42.3 Å². The number of anilines is 3. The lowest BCUT2D eigenvalue weighted by atomic mass is 10.2. The van der Waals surface area contributed by atoms with Crippen LogP contribution in [0.15, 0.2) is 84.9 Å². The van der Waals surface area contributed by atoms with Crippen LogP contribution in [0.4, 0.5) is 17.3 Å². The lowest BCUT2D eigenvalue weighted by Crippen LogP contribution is -2.14. The number of ether oxygens (including phenoxy) is 1. The Hall–Kier alpha value is -3.88. The zero-order valence-electron chi connectivity index (χ0n) is 16.2. The molecule has 146 valence electrons. The summed E-state index contributed by atoms with van der Waals surface area (Å²) in [7, 11) is 1.63. The first-order valence-electron chi connectivity index (χ1n) is 9.21. The zero-order valence-corrected chi connectivity index (χ0v) is 16.9. The van der Waals surface area contributed by atoms with Crippen molar-refractivity contribution in [1.82, 2.24) is 15.0 Å². The second kappa shape index (κ2) is 9.08. The monoisotopic (exact) mass is 412 g/mol. The molecule has 0 aliphatic carbocycles. The average Bonchev–Trinajstić information content (AvgIpc) is 2.79. The van der Waals surface area contributed by atoms with Crippen LogP contribution in [0.5, 0.6) is 5.75 Å². The predicted molar refractivity (Wildman–Crippen MR) is 118 cm³/mol. The largest absolute Gasteiger partial charge is 0.497 e. The first-order valence-corrected chi connectivity index (χ1v) is 9.58. The van der Waals surface area contributed by atoms with E-state index in [-0.39, 0.29) is 11.1 Å². The fraction of sp³-hybridized carbons (Fsp3) is 0.0417. The molecule has 4 rings (SSSR count). The van der Waals surface area contributed by atoms with Gasteiger partial charge in [-0.25, -0.2) is 0 Å². The van der Waals surface area contributed by atoms with E-state index in [4.69, 9.17) is 16.3 Å². The van der Waals surface area contributed by atoms with Crippen molar-refractivity contribution < 1.29 is 4.74 Å². The number of aromatic nitrogens is 3. The molecule has 0 bridgehead atoms. The Morgan fingerprint density at radius 3 is 1.90 bits per heavy atom. The maximum atomic E-state index is 6.22. The number of nitrogens with zero attached hydrogens (tertiary/aromatic N) is 4. The fourth-order valence-corrected chi connectivity index (χ4v) is 2.99. The van der Waals surface area contributed by atoms with Gasteiger partial charge in [-0.05, 0) is 66.1 Å². The van der Waals surface area contributed by atoms with Crippen LogP contribution < -0.4 is 9.64 Å². The number of benzene rings is 3. The summed E-state index contributed by atoms with van der Waals surface area (Å²) in [5, 5.41) is 0.0795. The minimum atomic E-state index is 0.0795. The quantitative estimate of drug-likeness (QED) is 0.420. The molecule has 0 fully saturated rings. The number of methoxy groups -OCH3 is 1. The summed E-state index contributed by atoms with van der Waals surface area (Å²) in [6.07, 6.45) is 0. The molecule has 1 heterocycles. The minimum Gasteiger partial charge on any atom is -0.497 e. The van der Waals surface area contributed by atoms with Crippen LogP contribution in [0.2, 0.25) is 5.28 Å². The smallest absolute Gasteiger partial charge is 0.240 e. The number of para-hydroxylation sites is 2. The van der Waals surface area contributed by atoms with Gasteiger partial charge in [0.05, 0.1) is 7.11 Å². The van der Waals surface area contributed by atoms with E-state index in [1.165, 1.54) is 0 Å². The Bertz CT molecular complexity index is 1150. The molecule has 30 heavy (non-hydrogen) atoms. The summed E-state index contributed by atoms with van der Waals surface area (Å²) in [6.45, 7) is 0. The van der Waals surface area contributed by atoms with Crippen molar-refractivity contribution >= 4 is 28.9 Å². The first kappa shape index (κ1) is 19.4. The van der Waals surface area contributed by atoms with E-state index in [2.05, 4.69) is 26.8 Å². The van der Waals surface area contributed by atoms with Crippen molar-refractivity contribution in [2.75, 3.05) is 12.0 Å². The van der Waals surface area contributed by atoms with E-state index >= 15 is 0 Å². The van der Waals surface area contributed by atoms with E-state index < -0.39 is 0 Å². The average molecular weight is 413 g/mol. The van der Waals surface area contributed by atoms with Crippen LogP contribution in [0, 0.1) is 11.8 Å². The lowest BCUT2D eigenvalue weighted by molar-refractivity contribution is 0.415. The Labute approximate surface area is 180 Å². The molecule has 4 aromatic rings. The SMILES string of the molecule is COc1ccc(C#Cc2nc(Cl)nc(N(c3ccccc3)c3ccccc3)n2)cc1. The second-order valence-corrected chi connectivity index (χ2v) is 6.55. The van der Waals surface area contributed by atoms with Gasteiger partial charge in [0.25, 0.3) is 0 Å². The molecule has 0 N–H and O–H groups in total. The summed E-state index contributed by atoms with van der Waals surface area (Å²) < 4.78 is 5.17. The molecule has 0 atom stereocenters. The van der Waals surface area contributed by atoms with Gasteiger partial charge in [0, 0.05) is 16.9 Å². The van der Waals surface area contributed by atoms with Crippen LogP contribution in [-0.4, -0.2) is 22.1 Å². The number of hydrogen-bond acceptors (Lipinski definition) is 5. The third-order valence-corrected chi connectivity index (χ3v) is 4.40. The van der Waals surface area contributed by atoms with E-state index in [0.29, 0.717) is 5.95 Å². The Morgan fingerprint density at radius 2 is 1.33 bits per heavy atom. The van der Waals surface area contributed by atoms with Gasteiger partial charge in [-0.3, -0.25) is 4.90 Å². The Balaban J connectivity index is 1.74. The topological polar surface area (TPSA) is 51.1 Å². The molecule has 0 amide bonds. The van der Waals surface area contributed by atoms with Gasteiger partial charge in [-0.2, -0.15) is 15.0 Å². The van der Waals surface area contributed by atoms with Gasteiger partial charge >= 0.3 is 0 Å². The molecule has 0 aliphatic heterocycles. The molecule has 0 spiro atoms. The maximum Gasteiger partial charge on any atom is 0.240 e. The predicted octanol–water partition coefficient (Wildman–Crippen LogP) is 5.40. The molecule has 1 aromatic heterocycles. The van der Waals surface area contributed by atoms with Gasteiger partial charge in [0.15, 0.2) is 0 Å². The Kier molecular flexibility index (Phi) is 5.88. The molecule has 0 unspecified atom stereocenters. The number of halogens is 1. The zero-order chi connectivity index (χ0) is 20.8. The molecule has 5 nitrogen and oxygen atoms in total. The molecule has 0 radical (unpaired) electrons. The summed E-state index contributed by atoms with van der Waals surface area (Å²) in [6, 6.07) is 27.1. The van der Waals surface area contributed by atoms with Gasteiger partial charge < -0.3 is 4.74 Å². The van der Waals surface area contributed by atoms with E-state index in [1.54, 1.807) is 7.11 Å². The van der Waals surface area contributed by atoms with Gasteiger partial charge in [0.1, 0.15) is 5.75 Å². The van der Waals surface area contributed by atoms with Gasteiger partial charge in [-0.15, -0.1) is 0 Å². The number of hydrogen-bond donors (Lipinski definition) is 0. The highest BCUT2D eigenvalue weighted by Crippen LogP contribution is 2.31. The first-order chi connectivity index (χ1) is 14.7. The second-order valence-electron chi connectivity index (χ2n) is 6.21. The van der Waals surface area contributed by atoms with E-state index in [1.807, 2.05) is 89.8 Å². The summed E-state index contributed by atoms with van der Waals surface area (Å²) >= 11 is 6.22. The molecular weight excluding hydrogens is 396 g/mol. The van der Waals surface area contributed by atoms with Gasteiger partial charge in [0.2, 0.25) is 17.1 Å². The van der Waals surface area contributed by atoms with Crippen LogP contribution >= 0.6 is 11.6 Å². The van der Waals surface area contributed by atoms with Crippen LogP contribution in [-0.2, 0) is 0 Å². The summed E-state index contributed by atoms with van der Waals surface area (Å²) in [4.78, 5) is 15.0. The molecule has 3 aromatic carbocycles. The molecule has 0 aliphatic rings. The van der Waals surface area contributed by atoms with E-state index in [0.717, 1.165) is 22.7 Å². The molecule has 0 saturated heterocycles. The van der Waals surface area contributed by atoms with Crippen LogP contribution in [0.3, 0.4) is 0 Å². The fourth-order valence-electron chi connectivity index (χ4n) is 2.83. The normalized spacial score (nSPS) is 10.1. The van der Waals surface area contributed by atoms with Crippen molar-refractivity contribution in [2.24, 2.45) is 0 Å². The van der Waals surface area contributed by atoms with Crippen LogP contribution in [0.25, 0.3) is 0 Å². The molecule has 0 saturated carbocycles. The Morgan fingerprint density at radius 1 is 0.733 bits per heavy atom. The van der Waals surface area contributed by atoms with Crippen molar-refractivity contribution in [2.45, 2.75) is 0 Å². The maximum absolute atomic E-state index is 6.22. The standard InChI is InChI=1S/C24H17ClN4O/c1-30-21-15-12-18(13-16-21)14-17-22-26-23(25)28-24(27-22)29(19-8-4-2-5-9-19)20-10-6-3-7-11-20/h2-13,15-16H,1H3. The molecule has 6 heteroatoms.